The molecule has 1 heterocycles. The maximum absolute atomic E-state index is 5.53. The topological polar surface area (TPSA) is 39.7 Å². The summed E-state index contributed by atoms with van der Waals surface area (Å²) < 4.78 is 0. The third-order valence-corrected chi connectivity index (χ3v) is 1.36. The number of amidine groups is 1. The molecule has 52 valence electrons. The Kier molecular flexibility index (Phi) is 2.13. The van der Waals surface area contributed by atoms with Crippen LogP contribution in [0.15, 0.2) is 5.10 Å². The van der Waals surface area contributed by atoms with Crippen molar-refractivity contribution < 1.29 is 0 Å². The molecule has 0 aliphatic carbocycles. The molecule has 0 bridgehead atoms. The van der Waals surface area contributed by atoms with E-state index in [0.29, 0.717) is 5.88 Å². The third kappa shape index (κ3) is 1.25. The fraction of sp³-hybridized carbons (Fsp3) is 0.750. The van der Waals surface area contributed by atoms with Crippen LogP contribution >= 0.6 is 11.6 Å². The number of halogens is 1. The average Bonchev–Trinajstić information content (AvgIpc) is 2.33. The van der Waals surface area contributed by atoms with Crippen molar-refractivity contribution in [2.24, 2.45) is 5.10 Å². The van der Waals surface area contributed by atoms with Crippen LogP contribution < -0.4 is 11.1 Å². The number of alkyl halides is 1. The molecule has 5 heteroatoms. The average molecular weight is 149 g/mol. The molecule has 9 heavy (non-hydrogen) atoms. The highest BCUT2D eigenvalue weighted by Crippen LogP contribution is 1.93. The monoisotopic (exact) mass is 148 g/mol. The molecule has 0 fully saturated rings. The highest BCUT2D eigenvalue weighted by molar-refractivity contribution is 6.28. The summed E-state index contributed by atoms with van der Waals surface area (Å²) in [5, 5.41) is 5.70. The molecule has 1 rings (SSSR count). The Bertz CT molecular complexity index is 124. The van der Waals surface area contributed by atoms with Gasteiger partial charge in [0.2, 0.25) is 0 Å². The van der Waals surface area contributed by atoms with E-state index in [9.17, 15) is 0 Å². The third-order valence-electron chi connectivity index (χ3n) is 1.12. The summed E-state index contributed by atoms with van der Waals surface area (Å²) in [4.78, 5) is 0. The highest BCUT2D eigenvalue weighted by atomic mass is 35.5. The number of hydrogen-bond acceptors (Lipinski definition) is 4. The number of hydrazone groups is 1. The van der Waals surface area contributed by atoms with Gasteiger partial charge in [-0.05, 0) is 6.92 Å². The van der Waals surface area contributed by atoms with Crippen molar-refractivity contribution in [2.75, 3.05) is 12.4 Å². The maximum atomic E-state index is 5.53. The zero-order chi connectivity index (χ0) is 6.69. The van der Waals surface area contributed by atoms with E-state index in [-0.39, 0.29) is 0 Å². The molecule has 0 unspecified atom stereocenters. The molecule has 0 aromatic rings. The molecule has 1 aliphatic heterocycles. The lowest BCUT2D eigenvalue weighted by Gasteiger charge is -2.13. The largest absolute Gasteiger partial charge is 0.274 e. The molecule has 0 amide bonds. The van der Waals surface area contributed by atoms with Crippen molar-refractivity contribution >= 4 is 17.4 Å². The molecule has 4 nitrogen and oxygen atoms in total. The second kappa shape index (κ2) is 2.89. The second-order valence-corrected chi connectivity index (χ2v) is 1.90. The van der Waals surface area contributed by atoms with Crippen molar-refractivity contribution in [2.45, 2.75) is 6.92 Å². The van der Waals surface area contributed by atoms with Crippen LogP contribution in [0.2, 0.25) is 0 Å². The predicted octanol–water partition coefficient (Wildman–Crippen LogP) is -0.117. The van der Waals surface area contributed by atoms with E-state index in [1.54, 1.807) is 0 Å². The SMILES string of the molecule is CCN1NNN=C1CCl. The fourth-order valence-corrected chi connectivity index (χ4v) is 0.842. The Balaban J connectivity index is 2.47. The van der Waals surface area contributed by atoms with E-state index in [4.69, 9.17) is 11.6 Å². The number of rotatable bonds is 2. The summed E-state index contributed by atoms with van der Waals surface area (Å²) in [7, 11) is 0. The Morgan fingerprint density at radius 2 is 2.56 bits per heavy atom. The zero-order valence-corrected chi connectivity index (χ0v) is 5.94. The van der Waals surface area contributed by atoms with Gasteiger partial charge in [-0.15, -0.1) is 22.2 Å². The first-order chi connectivity index (χ1) is 4.38. The maximum Gasteiger partial charge on any atom is 0.156 e. The minimum absolute atomic E-state index is 0.438. The number of nitrogens with zero attached hydrogens (tertiary/aromatic N) is 2. The lowest BCUT2D eigenvalue weighted by Crippen LogP contribution is -2.41. The van der Waals surface area contributed by atoms with Gasteiger partial charge in [0.25, 0.3) is 0 Å². The molecule has 0 saturated heterocycles. The van der Waals surface area contributed by atoms with Crippen LogP contribution in [0.1, 0.15) is 6.92 Å². The van der Waals surface area contributed by atoms with Crippen LogP contribution in [-0.2, 0) is 0 Å². The molecule has 0 radical (unpaired) electrons. The van der Waals surface area contributed by atoms with Crippen LogP contribution in [0.25, 0.3) is 0 Å². The summed E-state index contributed by atoms with van der Waals surface area (Å²) in [6, 6.07) is 0. The molecule has 1 aliphatic rings. The second-order valence-electron chi connectivity index (χ2n) is 1.63. The van der Waals surface area contributed by atoms with Crippen LogP contribution in [0, 0.1) is 0 Å². The minimum atomic E-state index is 0.438. The summed E-state index contributed by atoms with van der Waals surface area (Å²) in [6.45, 7) is 2.88. The normalized spacial score (nSPS) is 17.6. The summed E-state index contributed by atoms with van der Waals surface area (Å²) >= 11 is 5.53. The molecule has 0 aromatic carbocycles. The lowest BCUT2D eigenvalue weighted by atomic mass is 10.6. The van der Waals surface area contributed by atoms with Crippen LogP contribution in [0.4, 0.5) is 0 Å². The summed E-state index contributed by atoms with van der Waals surface area (Å²) in [5.41, 5.74) is 5.41. The smallest absolute Gasteiger partial charge is 0.156 e. The van der Waals surface area contributed by atoms with Gasteiger partial charge in [0.1, 0.15) is 0 Å². The number of nitrogens with one attached hydrogen (secondary N) is 2. The Morgan fingerprint density at radius 3 is 3.00 bits per heavy atom. The van der Waals surface area contributed by atoms with Crippen LogP contribution in [0.3, 0.4) is 0 Å². The fourth-order valence-electron chi connectivity index (χ4n) is 0.638. The molecule has 0 aromatic heterocycles. The van der Waals surface area contributed by atoms with Gasteiger partial charge in [-0.25, -0.2) is 5.53 Å². The Morgan fingerprint density at radius 1 is 1.78 bits per heavy atom. The minimum Gasteiger partial charge on any atom is -0.274 e. The van der Waals surface area contributed by atoms with Crippen molar-refractivity contribution in [1.82, 2.24) is 16.1 Å². The first-order valence-corrected chi connectivity index (χ1v) is 3.32. The molecular formula is C4H9ClN4. The number of hydrogen-bond donors (Lipinski definition) is 2. The zero-order valence-electron chi connectivity index (χ0n) is 5.19. The first-order valence-electron chi connectivity index (χ1n) is 2.79. The van der Waals surface area contributed by atoms with Gasteiger partial charge in [-0.1, -0.05) is 0 Å². The Labute approximate surface area is 58.8 Å². The standard InChI is InChI=1S/C4H9ClN4/c1-2-9-4(3-5)6-7-8-9/h7-8H,2-3H2,1H3. The van der Waals surface area contributed by atoms with Gasteiger partial charge in [0.05, 0.1) is 5.88 Å². The van der Waals surface area contributed by atoms with Gasteiger partial charge >= 0.3 is 0 Å². The molecule has 0 saturated carbocycles. The Hall–Kier alpha value is -0.480. The van der Waals surface area contributed by atoms with Crippen LogP contribution in [0.5, 0.6) is 0 Å². The molecule has 0 atom stereocenters. The van der Waals surface area contributed by atoms with Crippen molar-refractivity contribution in [1.29, 1.82) is 0 Å². The van der Waals surface area contributed by atoms with Crippen LogP contribution in [-0.4, -0.2) is 23.3 Å². The first kappa shape index (κ1) is 6.64. The summed E-state index contributed by atoms with van der Waals surface area (Å²) in [5.74, 6) is 1.27. The van der Waals surface area contributed by atoms with E-state index in [2.05, 4.69) is 16.2 Å². The quantitative estimate of drug-likeness (QED) is 0.537. The van der Waals surface area contributed by atoms with Crippen molar-refractivity contribution in [3.8, 4) is 0 Å². The van der Waals surface area contributed by atoms with Crippen molar-refractivity contribution in [3.63, 3.8) is 0 Å². The number of hydrazine groups is 2. The van der Waals surface area contributed by atoms with Gasteiger partial charge in [-0.2, -0.15) is 0 Å². The van der Waals surface area contributed by atoms with E-state index < -0.39 is 0 Å². The van der Waals surface area contributed by atoms with Gasteiger partial charge in [0, 0.05) is 6.54 Å². The van der Waals surface area contributed by atoms with Gasteiger partial charge in [-0.3, -0.25) is 5.01 Å². The van der Waals surface area contributed by atoms with Gasteiger partial charge < -0.3 is 0 Å². The van der Waals surface area contributed by atoms with E-state index >= 15 is 0 Å². The highest BCUT2D eigenvalue weighted by Gasteiger charge is 2.11. The van der Waals surface area contributed by atoms with E-state index in [0.717, 1.165) is 12.4 Å². The van der Waals surface area contributed by atoms with Gasteiger partial charge in [0.15, 0.2) is 5.84 Å². The predicted molar refractivity (Wildman–Crippen MR) is 36.8 cm³/mol. The summed E-state index contributed by atoms with van der Waals surface area (Å²) in [6.07, 6.45) is 0. The van der Waals surface area contributed by atoms with E-state index in [1.807, 2.05) is 11.9 Å². The lowest BCUT2D eigenvalue weighted by molar-refractivity contribution is 0.307. The van der Waals surface area contributed by atoms with E-state index in [1.165, 1.54) is 0 Å². The van der Waals surface area contributed by atoms with Crippen molar-refractivity contribution in [3.05, 3.63) is 0 Å². The molecule has 0 spiro atoms. The molecule has 2 N–H and O–H groups in total. The molecular weight excluding hydrogens is 140 g/mol.